The van der Waals surface area contributed by atoms with E-state index in [-0.39, 0.29) is 20.5 Å². The topological polar surface area (TPSA) is 118 Å². The van der Waals surface area contributed by atoms with Crippen LogP contribution >= 0.6 is 11.3 Å². The summed E-state index contributed by atoms with van der Waals surface area (Å²) in [5.74, 6) is -1.06. The molecule has 2 heterocycles. The molecule has 1 amide bonds. The van der Waals surface area contributed by atoms with E-state index < -0.39 is 21.9 Å². The van der Waals surface area contributed by atoms with Crippen molar-refractivity contribution < 1.29 is 27.5 Å². The highest BCUT2D eigenvalue weighted by Crippen LogP contribution is 2.29. The Morgan fingerprint density at radius 1 is 1.26 bits per heavy atom. The highest BCUT2D eigenvalue weighted by Gasteiger charge is 2.25. The number of anilines is 2. The van der Waals surface area contributed by atoms with Gasteiger partial charge in [-0.2, -0.15) is 0 Å². The van der Waals surface area contributed by atoms with Crippen molar-refractivity contribution in [3.63, 3.8) is 0 Å². The lowest BCUT2D eigenvalue weighted by molar-refractivity contribution is 0.0605. The zero-order chi connectivity index (χ0) is 22.8. The lowest BCUT2D eigenvalue weighted by Gasteiger charge is -2.30. The van der Waals surface area contributed by atoms with E-state index in [9.17, 15) is 18.0 Å². The zero-order valence-corrected chi connectivity index (χ0v) is 19.3. The molecule has 1 fully saturated rings. The number of carbonyl (C=O) groups excluding carboxylic acids is 2. The summed E-state index contributed by atoms with van der Waals surface area (Å²) in [7, 11) is 0.391. The molecule has 3 rings (SSSR count). The molecule has 0 unspecified atom stereocenters. The van der Waals surface area contributed by atoms with E-state index in [1.165, 1.54) is 33.3 Å². The standard InChI is InChI=1S/C19H24N4O6S2/c1-12-16(18(25)28-4)30-19(20-12)21-17(24)14-11-13(31(26,27)22(2)3)5-6-15(14)23-7-9-29-10-8-23/h5-6,11H,7-10H2,1-4H3,(H,20,21,24). The second-order valence-corrected chi connectivity index (χ2v) is 10.1. The number of methoxy groups -OCH3 is 1. The minimum Gasteiger partial charge on any atom is -0.465 e. The van der Waals surface area contributed by atoms with Crippen molar-refractivity contribution in [2.75, 3.05) is 57.7 Å². The van der Waals surface area contributed by atoms with E-state index in [0.717, 1.165) is 15.6 Å². The summed E-state index contributed by atoms with van der Waals surface area (Å²) < 4.78 is 36.4. The SMILES string of the molecule is COC(=O)c1sc(NC(=O)c2cc(S(=O)(=O)N(C)C)ccc2N2CCOCC2)nc1C. The first-order valence-electron chi connectivity index (χ1n) is 9.41. The molecule has 12 heteroatoms. The number of aryl methyl sites for hydroxylation is 1. The second-order valence-electron chi connectivity index (χ2n) is 6.95. The van der Waals surface area contributed by atoms with Crippen molar-refractivity contribution in [2.24, 2.45) is 0 Å². The first kappa shape index (κ1) is 23.1. The fourth-order valence-corrected chi connectivity index (χ4v) is 4.85. The van der Waals surface area contributed by atoms with E-state index in [1.54, 1.807) is 13.0 Å². The van der Waals surface area contributed by atoms with Crippen LogP contribution in [-0.2, 0) is 19.5 Å². The van der Waals surface area contributed by atoms with Crippen LogP contribution in [0.25, 0.3) is 0 Å². The van der Waals surface area contributed by atoms with E-state index in [0.29, 0.717) is 37.7 Å². The predicted octanol–water partition coefficient (Wildman–Crippen LogP) is 1.58. The third kappa shape index (κ3) is 4.87. The maximum Gasteiger partial charge on any atom is 0.350 e. The van der Waals surface area contributed by atoms with Crippen LogP contribution in [0.4, 0.5) is 10.8 Å². The third-order valence-electron chi connectivity index (χ3n) is 4.73. The van der Waals surface area contributed by atoms with Gasteiger partial charge in [0.25, 0.3) is 5.91 Å². The minimum absolute atomic E-state index is 0.00484. The summed E-state index contributed by atoms with van der Waals surface area (Å²) in [6, 6.07) is 4.47. The van der Waals surface area contributed by atoms with Crippen LogP contribution in [0, 0.1) is 6.92 Å². The molecule has 1 aromatic heterocycles. The van der Waals surface area contributed by atoms with Crippen LogP contribution in [0.2, 0.25) is 0 Å². The van der Waals surface area contributed by atoms with Crippen LogP contribution in [0.1, 0.15) is 25.7 Å². The highest BCUT2D eigenvalue weighted by molar-refractivity contribution is 7.89. The number of esters is 1. The lowest BCUT2D eigenvalue weighted by atomic mass is 10.1. The molecular formula is C19H24N4O6S2. The molecule has 10 nitrogen and oxygen atoms in total. The molecule has 0 atom stereocenters. The molecule has 0 saturated carbocycles. The summed E-state index contributed by atoms with van der Waals surface area (Å²) >= 11 is 0.994. The van der Waals surface area contributed by atoms with Gasteiger partial charge in [-0.3, -0.25) is 10.1 Å². The third-order valence-corrected chi connectivity index (χ3v) is 7.59. The normalized spacial score (nSPS) is 14.5. The van der Waals surface area contributed by atoms with Gasteiger partial charge in [-0.25, -0.2) is 22.5 Å². The Labute approximate surface area is 184 Å². The number of morpholine rings is 1. The Bertz CT molecular complexity index is 1090. The van der Waals surface area contributed by atoms with E-state index >= 15 is 0 Å². The van der Waals surface area contributed by atoms with Gasteiger partial charge in [-0.05, 0) is 25.1 Å². The number of rotatable bonds is 6. The van der Waals surface area contributed by atoms with Gasteiger partial charge >= 0.3 is 5.97 Å². The van der Waals surface area contributed by atoms with Gasteiger partial charge in [-0.15, -0.1) is 0 Å². The molecule has 0 bridgehead atoms. The van der Waals surface area contributed by atoms with E-state index in [2.05, 4.69) is 10.3 Å². The Balaban J connectivity index is 2.00. The zero-order valence-electron chi connectivity index (χ0n) is 17.7. The monoisotopic (exact) mass is 468 g/mol. The van der Waals surface area contributed by atoms with Crippen molar-refractivity contribution >= 4 is 44.1 Å². The average molecular weight is 469 g/mol. The van der Waals surface area contributed by atoms with Crippen LogP contribution in [0.15, 0.2) is 23.1 Å². The Hall–Kier alpha value is -2.54. The van der Waals surface area contributed by atoms with Crippen molar-refractivity contribution in [1.29, 1.82) is 0 Å². The summed E-state index contributed by atoms with van der Waals surface area (Å²) in [5.41, 5.74) is 1.22. The van der Waals surface area contributed by atoms with Gasteiger partial charge in [0.05, 0.1) is 36.5 Å². The molecule has 1 aromatic carbocycles. The number of aromatic nitrogens is 1. The maximum atomic E-state index is 13.2. The Morgan fingerprint density at radius 2 is 1.94 bits per heavy atom. The van der Waals surface area contributed by atoms with Gasteiger partial charge in [0.1, 0.15) is 4.88 Å². The van der Waals surface area contributed by atoms with E-state index in [1.807, 2.05) is 4.90 Å². The molecule has 0 spiro atoms. The molecular weight excluding hydrogens is 444 g/mol. The molecule has 0 aliphatic carbocycles. The van der Waals surface area contributed by atoms with E-state index in [4.69, 9.17) is 9.47 Å². The Morgan fingerprint density at radius 3 is 2.55 bits per heavy atom. The first-order valence-corrected chi connectivity index (χ1v) is 11.7. The number of sulfonamides is 1. The molecule has 168 valence electrons. The lowest BCUT2D eigenvalue weighted by Crippen LogP contribution is -2.37. The van der Waals surface area contributed by atoms with Crippen LogP contribution < -0.4 is 10.2 Å². The first-order chi connectivity index (χ1) is 14.6. The van der Waals surface area contributed by atoms with Crippen LogP contribution in [0.5, 0.6) is 0 Å². The summed E-state index contributed by atoms with van der Waals surface area (Å²) in [6.45, 7) is 3.80. The van der Waals surface area contributed by atoms with Gasteiger partial charge in [0.2, 0.25) is 10.0 Å². The van der Waals surface area contributed by atoms with Crippen molar-refractivity contribution in [3.05, 3.63) is 34.3 Å². The molecule has 1 aliphatic rings. The minimum atomic E-state index is -3.73. The van der Waals surface area contributed by atoms with Gasteiger partial charge < -0.3 is 14.4 Å². The largest absolute Gasteiger partial charge is 0.465 e. The number of hydrogen-bond acceptors (Lipinski definition) is 9. The quantitative estimate of drug-likeness (QED) is 0.635. The molecule has 1 N–H and O–H groups in total. The fourth-order valence-electron chi connectivity index (χ4n) is 3.04. The van der Waals surface area contributed by atoms with Crippen molar-refractivity contribution in [3.8, 4) is 0 Å². The number of amides is 1. The molecule has 1 aliphatic heterocycles. The summed E-state index contributed by atoms with van der Waals surface area (Å²) in [5, 5.41) is 2.90. The van der Waals surface area contributed by atoms with Crippen molar-refractivity contribution in [1.82, 2.24) is 9.29 Å². The summed E-state index contributed by atoms with van der Waals surface area (Å²) in [4.78, 5) is 31.5. The number of benzene rings is 1. The number of nitrogens with zero attached hydrogens (tertiary/aromatic N) is 3. The number of hydrogen-bond donors (Lipinski definition) is 1. The fraction of sp³-hybridized carbons (Fsp3) is 0.421. The summed E-state index contributed by atoms with van der Waals surface area (Å²) in [6.07, 6.45) is 0. The van der Waals surface area contributed by atoms with Crippen molar-refractivity contribution in [2.45, 2.75) is 11.8 Å². The van der Waals surface area contributed by atoms with Gasteiger partial charge in [-0.1, -0.05) is 11.3 Å². The van der Waals surface area contributed by atoms with Gasteiger partial charge in [0.15, 0.2) is 5.13 Å². The number of carbonyl (C=O) groups is 2. The predicted molar refractivity (Wildman–Crippen MR) is 116 cm³/mol. The average Bonchev–Trinajstić information content (AvgIpc) is 3.13. The molecule has 1 saturated heterocycles. The number of ether oxygens (including phenoxy) is 2. The van der Waals surface area contributed by atoms with Crippen LogP contribution in [-0.4, -0.2) is 77.1 Å². The maximum absolute atomic E-state index is 13.2. The molecule has 2 aromatic rings. The Kier molecular flexibility index (Phi) is 6.94. The smallest absolute Gasteiger partial charge is 0.350 e. The number of nitrogens with one attached hydrogen (secondary N) is 1. The highest BCUT2D eigenvalue weighted by atomic mass is 32.2. The number of thiazole rings is 1. The molecule has 31 heavy (non-hydrogen) atoms. The second kappa shape index (κ2) is 9.30. The van der Waals surface area contributed by atoms with Crippen LogP contribution in [0.3, 0.4) is 0 Å². The molecule has 0 radical (unpaired) electrons. The van der Waals surface area contributed by atoms with Gasteiger partial charge in [0, 0.05) is 32.9 Å².